The lowest BCUT2D eigenvalue weighted by atomic mass is 10.2. The molecule has 0 fully saturated rings. The van der Waals surface area contributed by atoms with Crippen LogP contribution >= 0.6 is 11.3 Å². The van der Waals surface area contributed by atoms with Crippen LogP contribution in [-0.4, -0.2) is 11.8 Å². The van der Waals surface area contributed by atoms with E-state index in [-0.39, 0.29) is 5.78 Å². The highest BCUT2D eigenvalue weighted by Crippen LogP contribution is 2.38. The monoisotopic (exact) mass is 322 g/mol. The molecule has 0 aliphatic carbocycles. The van der Waals surface area contributed by atoms with Crippen LogP contribution in [0.15, 0.2) is 60.7 Å². The highest BCUT2D eigenvalue weighted by molar-refractivity contribution is 7.21. The van der Waals surface area contributed by atoms with Crippen molar-refractivity contribution in [2.24, 2.45) is 0 Å². The van der Waals surface area contributed by atoms with Crippen molar-refractivity contribution in [1.82, 2.24) is 0 Å². The molecule has 1 heterocycles. The summed E-state index contributed by atoms with van der Waals surface area (Å²) in [6.07, 6.45) is 3.05. The maximum atomic E-state index is 12.1. The summed E-state index contributed by atoms with van der Waals surface area (Å²) in [6, 6.07) is 17.0. The Labute approximate surface area is 137 Å². The minimum absolute atomic E-state index is 0.110. The molecule has 0 saturated carbocycles. The quantitative estimate of drug-likeness (QED) is 0.396. The highest BCUT2D eigenvalue weighted by Gasteiger charge is 2.18. The average Bonchev–Trinajstić information content (AvgIpc) is 2.93. The summed E-state index contributed by atoms with van der Waals surface area (Å²) < 4.78 is 6.37. The van der Waals surface area contributed by atoms with Gasteiger partial charge in [-0.05, 0) is 23.8 Å². The summed E-state index contributed by atoms with van der Waals surface area (Å²) in [5.41, 5.74) is 0.909. The predicted molar refractivity (Wildman–Crippen MR) is 92.9 cm³/mol. The van der Waals surface area contributed by atoms with E-state index in [1.54, 1.807) is 6.08 Å². The van der Waals surface area contributed by atoms with Gasteiger partial charge in [0.15, 0.2) is 11.5 Å². The Morgan fingerprint density at radius 2 is 1.70 bits per heavy atom. The van der Waals surface area contributed by atoms with Gasteiger partial charge >= 0.3 is 5.97 Å². The van der Waals surface area contributed by atoms with Crippen molar-refractivity contribution in [2.45, 2.75) is 6.92 Å². The molecule has 0 radical (unpaired) electrons. The summed E-state index contributed by atoms with van der Waals surface area (Å²) in [7, 11) is 0. The van der Waals surface area contributed by atoms with E-state index in [2.05, 4.69) is 0 Å². The maximum absolute atomic E-state index is 12.1. The maximum Gasteiger partial charge on any atom is 0.336 e. The highest BCUT2D eigenvalue weighted by atomic mass is 32.1. The number of Topliss-reactive ketones (excluding diaryl/α,β-unsaturated/α-hetero) is 1. The van der Waals surface area contributed by atoms with Gasteiger partial charge in [0.2, 0.25) is 0 Å². The minimum Gasteiger partial charge on any atom is -0.421 e. The minimum atomic E-state index is -0.500. The van der Waals surface area contributed by atoms with E-state index in [1.807, 2.05) is 54.6 Å². The molecule has 0 atom stereocenters. The first-order valence-corrected chi connectivity index (χ1v) is 7.94. The summed E-state index contributed by atoms with van der Waals surface area (Å²) in [4.78, 5) is 24.3. The molecule has 0 unspecified atom stereocenters. The summed E-state index contributed by atoms with van der Waals surface area (Å²) in [5.74, 6) is -0.262. The second-order valence-electron chi connectivity index (χ2n) is 4.98. The summed E-state index contributed by atoms with van der Waals surface area (Å²) in [6.45, 7) is 1.47. The molecular formula is C19H14O3S. The van der Waals surface area contributed by atoms with Gasteiger partial charge < -0.3 is 4.74 Å². The summed E-state index contributed by atoms with van der Waals surface area (Å²) in [5, 5.41) is 0.782. The standard InChI is InChI=1S/C19H14O3S/c1-13(20)19-18(15-9-5-6-10-16(15)23-19)22-17(21)12-11-14-7-3-2-4-8-14/h2-12H,1H3/b12-11+. The fourth-order valence-electron chi connectivity index (χ4n) is 2.22. The molecule has 1 aromatic heterocycles. The number of hydrogen-bond donors (Lipinski definition) is 0. The van der Waals surface area contributed by atoms with Crippen LogP contribution in [0, 0.1) is 0 Å². The van der Waals surface area contributed by atoms with Gasteiger partial charge in [0.25, 0.3) is 0 Å². The molecule has 0 bridgehead atoms. The van der Waals surface area contributed by atoms with Crippen LogP contribution in [0.3, 0.4) is 0 Å². The molecule has 0 aliphatic heterocycles. The lowest BCUT2D eigenvalue weighted by molar-refractivity contribution is -0.128. The average molecular weight is 322 g/mol. The zero-order valence-corrected chi connectivity index (χ0v) is 13.3. The molecule has 0 saturated heterocycles. The Morgan fingerprint density at radius 1 is 1.00 bits per heavy atom. The lowest BCUT2D eigenvalue weighted by Gasteiger charge is -2.02. The Hall–Kier alpha value is -2.72. The van der Waals surface area contributed by atoms with Crippen LogP contribution in [0.25, 0.3) is 16.2 Å². The van der Waals surface area contributed by atoms with Crippen molar-refractivity contribution >= 4 is 39.3 Å². The number of rotatable bonds is 4. The van der Waals surface area contributed by atoms with Crippen LogP contribution in [0.2, 0.25) is 0 Å². The van der Waals surface area contributed by atoms with Gasteiger partial charge in [0.1, 0.15) is 4.88 Å². The molecule has 3 nitrogen and oxygen atoms in total. The number of carbonyl (C=O) groups excluding carboxylic acids is 2. The molecule has 23 heavy (non-hydrogen) atoms. The topological polar surface area (TPSA) is 43.4 Å². The molecule has 114 valence electrons. The number of benzene rings is 2. The second-order valence-corrected chi connectivity index (χ2v) is 6.03. The van der Waals surface area contributed by atoms with Crippen molar-refractivity contribution in [1.29, 1.82) is 0 Å². The molecular weight excluding hydrogens is 308 g/mol. The lowest BCUT2D eigenvalue weighted by Crippen LogP contribution is -2.05. The Kier molecular flexibility index (Phi) is 4.35. The molecule has 4 heteroatoms. The van der Waals surface area contributed by atoms with E-state index >= 15 is 0 Å². The first-order valence-electron chi connectivity index (χ1n) is 7.12. The van der Waals surface area contributed by atoms with Gasteiger partial charge in [-0.1, -0.05) is 42.5 Å². The number of fused-ring (bicyclic) bond motifs is 1. The number of ketones is 1. The fourth-order valence-corrected chi connectivity index (χ4v) is 3.24. The number of esters is 1. The van der Waals surface area contributed by atoms with Crippen molar-refractivity contribution in [3.05, 3.63) is 71.1 Å². The largest absolute Gasteiger partial charge is 0.421 e. The first kappa shape index (κ1) is 15.2. The number of thiophene rings is 1. The summed E-state index contributed by atoms with van der Waals surface area (Å²) >= 11 is 1.34. The van der Waals surface area contributed by atoms with Crippen LogP contribution in [0.5, 0.6) is 5.75 Å². The SMILES string of the molecule is CC(=O)c1sc2ccccc2c1OC(=O)/C=C/c1ccccc1. The van der Waals surface area contributed by atoms with Gasteiger partial charge in [0, 0.05) is 23.1 Å². The van der Waals surface area contributed by atoms with Gasteiger partial charge in [0.05, 0.1) is 0 Å². The Morgan fingerprint density at radius 3 is 2.43 bits per heavy atom. The molecule has 0 N–H and O–H groups in total. The Bertz CT molecular complexity index is 891. The molecule has 0 spiro atoms. The van der Waals surface area contributed by atoms with Gasteiger partial charge in [-0.3, -0.25) is 4.79 Å². The number of carbonyl (C=O) groups is 2. The third-order valence-electron chi connectivity index (χ3n) is 3.28. The van der Waals surface area contributed by atoms with E-state index in [0.717, 1.165) is 15.6 Å². The third kappa shape index (κ3) is 3.38. The zero-order valence-electron chi connectivity index (χ0n) is 12.5. The van der Waals surface area contributed by atoms with Crippen LogP contribution in [0.4, 0.5) is 0 Å². The van der Waals surface area contributed by atoms with Crippen molar-refractivity contribution in [3.8, 4) is 5.75 Å². The van der Waals surface area contributed by atoms with Crippen LogP contribution in [-0.2, 0) is 4.79 Å². The fraction of sp³-hybridized carbons (Fsp3) is 0.0526. The van der Waals surface area contributed by atoms with Gasteiger partial charge in [-0.25, -0.2) is 4.79 Å². The number of hydrogen-bond acceptors (Lipinski definition) is 4. The molecule has 0 aliphatic rings. The molecule has 3 aromatic rings. The van der Waals surface area contributed by atoms with Gasteiger partial charge in [-0.15, -0.1) is 11.3 Å². The number of ether oxygens (including phenoxy) is 1. The van der Waals surface area contributed by atoms with Gasteiger partial charge in [-0.2, -0.15) is 0 Å². The van der Waals surface area contributed by atoms with Crippen molar-refractivity contribution in [3.63, 3.8) is 0 Å². The predicted octanol–water partition coefficient (Wildman–Crippen LogP) is 4.72. The molecule has 3 rings (SSSR count). The van der Waals surface area contributed by atoms with Crippen LogP contribution < -0.4 is 4.74 Å². The normalized spacial score (nSPS) is 11.0. The third-order valence-corrected chi connectivity index (χ3v) is 4.54. The van der Waals surface area contributed by atoms with E-state index < -0.39 is 5.97 Å². The second kappa shape index (κ2) is 6.58. The van der Waals surface area contributed by atoms with E-state index in [1.165, 1.54) is 24.3 Å². The molecule has 0 amide bonds. The first-order chi connectivity index (χ1) is 11.1. The Balaban J connectivity index is 1.89. The van der Waals surface area contributed by atoms with Crippen molar-refractivity contribution < 1.29 is 14.3 Å². The van der Waals surface area contributed by atoms with Crippen LogP contribution in [0.1, 0.15) is 22.2 Å². The zero-order chi connectivity index (χ0) is 16.2. The van der Waals surface area contributed by atoms with E-state index in [9.17, 15) is 9.59 Å². The van der Waals surface area contributed by atoms with E-state index in [4.69, 9.17) is 4.74 Å². The smallest absolute Gasteiger partial charge is 0.336 e. The molecule has 2 aromatic carbocycles. The van der Waals surface area contributed by atoms with Crippen molar-refractivity contribution in [2.75, 3.05) is 0 Å². The van der Waals surface area contributed by atoms with E-state index in [0.29, 0.717) is 10.6 Å².